The average Bonchev–Trinajstić information content (AvgIpc) is 2.21. The Morgan fingerprint density at radius 1 is 1.43 bits per heavy atom. The van der Waals surface area contributed by atoms with E-state index in [2.05, 4.69) is 11.6 Å². The monoisotopic (exact) mass is 214 g/mol. The zero-order valence-corrected chi connectivity index (χ0v) is 8.53. The maximum absolute atomic E-state index is 11.0. The van der Waals surface area contributed by atoms with Gasteiger partial charge in [0, 0.05) is 0 Å². The first kappa shape index (κ1) is 12.7. The number of ether oxygens (including phenoxy) is 1. The van der Waals surface area contributed by atoms with Crippen molar-refractivity contribution in [3.63, 3.8) is 0 Å². The van der Waals surface area contributed by atoms with Crippen LogP contribution >= 0.6 is 11.6 Å². The Labute approximate surface area is 87.6 Å². The minimum atomic E-state index is -0.256. The summed E-state index contributed by atoms with van der Waals surface area (Å²) in [6.07, 6.45) is 0. The summed E-state index contributed by atoms with van der Waals surface area (Å²) in [7, 11) is 0. The van der Waals surface area contributed by atoms with Gasteiger partial charge in [-0.1, -0.05) is 18.2 Å². The van der Waals surface area contributed by atoms with E-state index in [1.54, 1.807) is 19.1 Å². The molecule has 4 heteroatoms. The fourth-order valence-corrected chi connectivity index (χ4v) is 0.789. The van der Waals surface area contributed by atoms with Gasteiger partial charge in [-0.05, 0) is 30.7 Å². The van der Waals surface area contributed by atoms with Crippen LogP contribution in [0.2, 0.25) is 0 Å². The topological polar surface area (TPSA) is 43.4 Å². The van der Waals surface area contributed by atoms with Crippen LogP contribution in [-0.2, 0) is 9.53 Å². The average molecular weight is 215 g/mol. The maximum Gasteiger partial charge on any atom is 0.338 e. The predicted molar refractivity (Wildman–Crippen MR) is 55.0 cm³/mol. The van der Waals surface area contributed by atoms with Gasteiger partial charge in [-0.2, -0.15) is 0 Å². The molecule has 0 saturated heterocycles. The highest BCUT2D eigenvalue weighted by Crippen LogP contribution is 1.99. The molecule has 0 aliphatic heterocycles. The summed E-state index contributed by atoms with van der Waals surface area (Å²) in [4.78, 5) is 19.6. The smallest absolute Gasteiger partial charge is 0.338 e. The van der Waals surface area contributed by atoms with Gasteiger partial charge in [0.25, 0.3) is 0 Å². The molecule has 1 aromatic rings. The van der Waals surface area contributed by atoms with Gasteiger partial charge in [-0.15, -0.1) is 0 Å². The molecule has 76 valence electrons. The Kier molecular flexibility index (Phi) is 7.46. The van der Waals surface area contributed by atoms with Crippen LogP contribution in [0.3, 0.4) is 0 Å². The van der Waals surface area contributed by atoms with Crippen molar-refractivity contribution in [1.29, 1.82) is 0 Å². The van der Waals surface area contributed by atoms with Crippen LogP contribution in [0.1, 0.15) is 17.3 Å². The van der Waals surface area contributed by atoms with Crippen LogP contribution in [0.5, 0.6) is 0 Å². The van der Waals surface area contributed by atoms with Crippen LogP contribution in [0, 0.1) is 0 Å². The lowest BCUT2D eigenvalue weighted by molar-refractivity contribution is 0.0526. The van der Waals surface area contributed by atoms with E-state index < -0.39 is 0 Å². The van der Waals surface area contributed by atoms with Gasteiger partial charge >= 0.3 is 5.97 Å². The number of carbonyl (C=O) groups is 2. The van der Waals surface area contributed by atoms with Crippen LogP contribution in [0.25, 0.3) is 0 Å². The number of hydrogen-bond acceptors (Lipinski definition) is 3. The van der Waals surface area contributed by atoms with Crippen molar-refractivity contribution in [3.05, 3.63) is 35.9 Å². The first-order chi connectivity index (χ1) is 6.76. The van der Waals surface area contributed by atoms with Crippen molar-refractivity contribution in [2.24, 2.45) is 0 Å². The standard InChI is InChI=1S/C9H10O2.CHClO/c1-2-11-9(10)8-6-4-3-5-7-8;2-1-3/h3-7H,2H2,1H3;1H. The molecule has 0 radical (unpaired) electrons. The summed E-state index contributed by atoms with van der Waals surface area (Å²) >= 11 is 4.32. The van der Waals surface area contributed by atoms with Crippen molar-refractivity contribution in [3.8, 4) is 0 Å². The third kappa shape index (κ3) is 5.32. The summed E-state index contributed by atoms with van der Waals surface area (Å²) in [5, 5.41) is 0. The van der Waals surface area contributed by atoms with E-state index in [9.17, 15) is 4.79 Å². The van der Waals surface area contributed by atoms with Gasteiger partial charge in [-0.3, -0.25) is 4.79 Å². The number of carbonyl (C=O) groups excluding carboxylic acids is 2. The summed E-state index contributed by atoms with van der Waals surface area (Å²) in [6, 6.07) is 8.96. The quantitative estimate of drug-likeness (QED) is 0.431. The third-order valence-corrected chi connectivity index (χ3v) is 1.28. The van der Waals surface area contributed by atoms with Crippen molar-refractivity contribution < 1.29 is 14.3 Å². The first-order valence-electron chi connectivity index (χ1n) is 4.02. The second-order valence-electron chi connectivity index (χ2n) is 2.18. The molecule has 14 heavy (non-hydrogen) atoms. The number of benzene rings is 1. The third-order valence-electron chi connectivity index (χ3n) is 1.28. The van der Waals surface area contributed by atoms with E-state index in [1.165, 1.54) is 0 Å². The van der Waals surface area contributed by atoms with Crippen molar-refractivity contribution >= 4 is 23.3 Å². The number of hydrogen-bond donors (Lipinski definition) is 0. The Hall–Kier alpha value is -1.35. The molecule has 0 bridgehead atoms. The van der Waals surface area contributed by atoms with Gasteiger partial charge in [0.1, 0.15) is 0 Å². The van der Waals surface area contributed by atoms with E-state index in [4.69, 9.17) is 9.53 Å². The molecule has 0 fully saturated rings. The lowest BCUT2D eigenvalue weighted by atomic mass is 10.2. The highest BCUT2D eigenvalue weighted by Gasteiger charge is 2.02. The van der Waals surface area contributed by atoms with E-state index >= 15 is 0 Å². The van der Waals surface area contributed by atoms with Crippen molar-refractivity contribution in [2.75, 3.05) is 6.61 Å². The maximum atomic E-state index is 11.0. The molecule has 1 rings (SSSR count). The highest BCUT2D eigenvalue weighted by atomic mass is 35.5. The minimum Gasteiger partial charge on any atom is -0.462 e. The van der Waals surface area contributed by atoms with E-state index in [0.29, 0.717) is 12.2 Å². The predicted octanol–water partition coefficient (Wildman–Crippen LogP) is 2.28. The number of esters is 1. The Morgan fingerprint density at radius 3 is 2.36 bits per heavy atom. The van der Waals surface area contributed by atoms with Gasteiger partial charge in [0.2, 0.25) is 5.75 Å². The Bertz CT molecular complexity index is 272. The van der Waals surface area contributed by atoms with Crippen LogP contribution < -0.4 is 0 Å². The summed E-state index contributed by atoms with van der Waals surface area (Å²) in [5.74, 6) is -0.0342. The first-order valence-corrected chi connectivity index (χ1v) is 4.46. The lowest BCUT2D eigenvalue weighted by Crippen LogP contribution is -2.03. The van der Waals surface area contributed by atoms with E-state index in [1.807, 2.05) is 18.2 Å². The van der Waals surface area contributed by atoms with Gasteiger partial charge in [-0.25, -0.2) is 4.79 Å². The van der Waals surface area contributed by atoms with E-state index in [-0.39, 0.29) is 11.7 Å². The number of halogens is 1. The molecule has 0 heterocycles. The fourth-order valence-electron chi connectivity index (χ4n) is 0.789. The SMILES string of the molecule is CCOC(=O)c1ccccc1.O=CCl. The molecule has 0 N–H and O–H groups in total. The molecule has 1 aromatic carbocycles. The molecule has 0 amide bonds. The van der Waals surface area contributed by atoms with E-state index in [0.717, 1.165) is 0 Å². The van der Waals surface area contributed by atoms with Gasteiger partial charge in [0.15, 0.2) is 0 Å². The largest absolute Gasteiger partial charge is 0.462 e. The van der Waals surface area contributed by atoms with Crippen molar-refractivity contribution in [2.45, 2.75) is 6.92 Å². The second-order valence-corrected chi connectivity index (χ2v) is 2.35. The zero-order chi connectivity index (χ0) is 10.8. The Balaban J connectivity index is 0.000000500. The summed E-state index contributed by atoms with van der Waals surface area (Å²) in [6.45, 7) is 2.22. The summed E-state index contributed by atoms with van der Waals surface area (Å²) < 4.78 is 4.79. The molecule has 0 aromatic heterocycles. The lowest BCUT2D eigenvalue weighted by Gasteiger charge is -1.99. The van der Waals surface area contributed by atoms with Crippen LogP contribution in [-0.4, -0.2) is 18.3 Å². The summed E-state index contributed by atoms with van der Waals surface area (Å²) in [5.41, 5.74) is 0.606. The van der Waals surface area contributed by atoms with Crippen LogP contribution in [0.15, 0.2) is 30.3 Å². The molecule has 3 nitrogen and oxygen atoms in total. The number of rotatable bonds is 2. The normalized spacial score (nSPS) is 8.14. The molecule has 0 spiro atoms. The van der Waals surface area contributed by atoms with Gasteiger partial charge in [0.05, 0.1) is 12.2 Å². The fraction of sp³-hybridized carbons (Fsp3) is 0.200. The van der Waals surface area contributed by atoms with Crippen molar-refractivity contribution in [1.82, 2.24) is 0 Å². The molecular weight excluding hydrogens is 204 g/mol. The minimum absolute atomic E-state index is 0.222. The Morgan fingerprint density at radius 2 is 1.93 bits per heavy atom. The molecule has 0 aliphatic rings. The molecule has 0 saturated carbocycles. The molecule has 0 aliphatic carbocycles. The second kappa shape index (κ2) is 8.26. The van der Waals surface area contributed by atoms with Crippen LogP contribution in [0.4, 0.5) is 0 Å². The molecular formula is C10H11ClO3. The molecule has 0 atom stereocenters. The molecule has 0 unspecified atom stereocenters. The zero-order valence-electron chi connectivity index (χ0n) is 7.77. The van der Waals surface area contributed by atoms with Gasteiger partial charge < -0.3 is 4.74 Å². The highest BCUT2D eigenvalue weighted by molar-refractivity contribution is 6.54.